The minimum absolute atomic E-state index is 0. The van der Waals surface area contributed by atoms with E-state index in [0.29, 0.717) is 5.56 Å². The van der Waals surface area contributed by atoms with Crippen LogP contribution in [0.3, 0.4) is 0 Å². The Bertz CT molecular complexity index is 459. The largest absolute Gasteiger partial charge is 0.497 e. The van der Waals surface area contributed by atoms with Crippen molar-refractivity contribution in [3.63, 3.8) is 0 Å². The van der Waals surface area contributed by atoms with Crippen LogP contribution in [0, 0.1) is 5.92 Å². The Morgan fingerprint density at radius 1 is 1.14 bits per heavy atom. The number of alkyl halides is 3. The van der Waals surface area contributed by atoms with Crippen LogP contribution in [0.15, 0.2) is 18.2 Å². The molecule has 120 valence electrons. The molecule has 0 aromatic heterocycles. The molecule has 1 aromatic rings. The van der Waals surface area contributed by atoms with Crippen molar-refractivity contribution < 1.29 is 17.9 Å². The molecular weight excluding hydrogens is 303 g/mol. The third-order valence-corrected chi connectivity index (χ3v) is 4.03. The minimum Gasteiger partial charge on any atom is -0.497 e. The highest BCUT2D eigenvalue weighted by Crippen LogP contribution is 2.37. The molecule has 2 N–H and O–H groups in total. The van der Waals surface area contributed by atoms with Gasteiger partial charge in [0.15, 0.2) is 0 Å². The fourth-order valence-electron chi connectivity index (χ4n) is 2.86. The first-order valence-corrected chi connectivity index (χ1v) is 6.93. The monoisotopic (exact) mass is 323 g/mol. The van der Waals surface area contributed by atoms with E-state index in [1.165, 1.54) is 13.5 Å². The Kier molecular flexibility index (Phi) is 6.35. The van der Waals surface area contributed by atoms with Gasteiger partial charge >= 0.3 is 6.18 Å². The fraction of sp³-hybridized carbons (Fsp3) is 0.600. The SMILES string of the molecule is COc1cc([C@@H](N)C2CCCCC2)cc(C(F)(F)F)c1.Cl. The Balaban J connectivity index is 0.00000220. The first-order valence-electron chi connectivity index (χ1n) is 6.93. The number of methoxy groups -OCH3 is 1. The maximum absolute atomic E-state index is 12.9. The predicted molar refractivity (Wildman–Crippen MR) is 78.7 cm³/mol. The van der Waals surface area contributed by atoms with E-state index in [-0.39, 0.29) is 30.1 Å². The van der Waals surface area contributed by atoms with Crippen molar-refractivity contribution in [3.05, 3.63) is 29.3 Å². The Morgan fingerprint density at radius 3 is 2.29 bits per heavy atom. The number of rotatable bonds is 3. The molecule has 1 aromatic carbocycles. The molecule has 0 saturated heterocycles. The van der Waals surface area contributed by atoms with Crippen molar-refractivity contribution in [2.45, 2.75) is 44.3 Å². The van der Waals surface area contributed by atoms with Crippen molar-refractivity contribution in [2.75, 3.05) is 7.11 Å². The summed E-state index contributed by atoms with van der Waals surface area (Å²) in [6, 6.07) is 3.43. The lowest BCUT2D eigenvalue weighted by molar-refractivity contribution is -0.137. The molecular formula is C15H21ClF3NO. The van der Waals surface area contributed by atoms with Gasteiger partial charge in [0, 0.05) is 6.04 Å². The number of ether oxygens (including phenoxy) is 1. The molecule has 1 saturated carbocycles. The van der Waals surface area contributed by atoms with E-state index in [1.54, 1.807) is 6.07 Å². The highest BCUT2D eigenvalue weighted by Gasteiger charge is 2.32. The molecule has 2 rings (SSSR count). The molecule has 1 aliphatic rings. The molecule has 2 nitrogen and oxygen atoms in total. The highest BCUT2D eigenvalue weighted by molar-refractivity contribution is 5.85. The van der Waals surface area contributed by atoms with Gasteiger partial charge in [0.1, 0.15) is 5.75 Å². The second kappa shape index (κ2) is 7.36. The van der Waals surface area contributed by atoms with E-state index in [0.717, 1.165) is 37.8 Å². The van der Waals surface area contributed by atoms with Crippen molar-refractivity contribution in [1.29, 1.82) is 0 Å². The molecule has 0 amide bonds. The lowest BCUT2D eigenvalue weighted by Gasteiger charge is -2.28. The summed E-state index contributed by atoms with van der Waals surface area (Å²) in [6.45, 7) is 0. The van der Waals surface area contributed by atoms with Crippen molar-refractivity contribution in [2.24, 2.45) is 11.7 Å². The van der Waals surface area contributed by atoms with E-state index < -0.39 is 11.7 Å². The van der Waals surface area contributed by atoms with Crippen LogP contribution in [0.1, 0.15) is 49.3 Å². The summed E-state index contributed by atoms with van der Waals surface area (Å²) in [6.07, 6.45) is 0.993. The molecule has 0 spiro atoms. The van der Waals surface area contributed by atoms with Gasteiger partial charge in [-0.05, 0) is 42.5 Å². The van der Waals surface area contributed by atoms with E-state index in [2.05, 4.69) is 0 Å². The first-order chi connectivity index (χ1) is 9.41. The number of nitrogens with two attached hydrogens (primary N) is 1. The van der Waals surface area contributed by atoms with E-state index >= 15 is 0 Å². The summed E-state index contributed by atoms with van der Waals surface area (Å²) in [5, 5.41) is 0. The number of halogens is 4. The topological polar surface area (TPSA) is 35.2 Å². The summed E-state index contributed by atoms with van der Waals surface area (Å²) < 4.78 is 43.7. The van der Waals surface area contributed by atoms with Crippen molar-refractivity contribution in [3.8, 4) is 5.75 Å². The standard InChI is InChI=1S/C15H20F3NO.ClH/c1-20-13-8-11(7-12(9-13)15(16,17)18)14(19)10-5-3-2-4-6-10;/h7-10,14H,2-6,19H2,1H3;1H/t14-;/m0./s1. The Hall–Kier alpha value is -0.940. The van der Waals surface area contributed by atoms with Crippen LogP contribution in [0.5, 0.6) is 5.75 Å². The zero-order valence-electron chi connectivity index (χ0n) is 12.0. The smallest absolute Gasteiger partial charge is 0.416 e. The molecule has 0 unspecified atom stereocenters. The maximum Gasteiger partial charge on any atom is 0.416 e. The second-order valence-electron chi connectivity index (χ2n) is 5.42. The number of benzene rings is 1. The van der Waals surface area contributed by atoms with Gasteiger partial charge < -0.3 is 10.5 Å². The van der Waals surface area contributed by atoms with Crippen LogP contribution in [0.4, 0.5) is 13.2 Å². The number of hydrogen-bond acceptors (Lipinski definition) is 2. The summed E-state index contributed by atoms with van der Waals surface area (Å²) in [5.74, 6) is 0.470. The van der Waals surface area contributed by atoms with E-state index in [1.807, 2.05) is 0 Å². The molecule has 6 heteroatoms. The fourth-order valence-corrected chi connectivity index (χ4v) is 2.86. The van der Waals surface area contributed by atoms with Gasteiger partial charge in [-0.3, -0.25) is 0 Å². The van der Waals surface area contributed by atoms with Crippen molar-refractivity contribution >= 4 is 12.4 Å². The van der Waals surface area contributed by atoms with Gasteiger partial charge in [-0.15, -0.1) is 12.4 Å². The zero-order chi connectivity index (χ0) is 14.8. The highest BCUT2D eigenvalue weighted by atomic mass is 35.5. The normalized spacial score (nSPS) is 18.0. The lowest BCUT2D eigenvalue weighted by atomic mass is 9.81. The van der Waals surface area contributed by atoms with Gasteiger partial charge in [-0.1, -0.05) is 19.3 Å². The average Bonchev–Trinajstić information content (AvgIpc) is 2.46. The molecule has 21 heavy (non-hydrogen) atoms. The van der Waals surface area contributed by atoms with Crippen LogP contribution >= 0.6 is 12.4 Å². The second-order valence-corrected chi connectivity index (χ2v) is 5.42. The minimum atomic E-state index is -4.38. The summed E-state index contributed by atoms with van der Waals surface area (Å²) >= 11 is 0. The van der Waals surface area contributed by atoms with Gasteiger partial charge in [-0.2, -0.15) is 13.2 Å². The third kappa shape index (κ3) is 4.51. The molecule has 0 aliphatic heterocycles. The molecule has 1 fully saturated rings. The van der Waals surface area contributed by atoms with Gasteiger partial charge in [-0.25, -0.2) is 0 Å². The van der Waals surface area contributed by atoms with E-state index in [4.69, 9.17) is 10.5 Å². The number of hydrogen-bond donors (Lipinski definition) is 1. The van der Waals surface area contributed by atoms with Gasteiger partial charge in [0.25, 0.3) is 0 Å². The quantitative estimate of drug-likeness (QED) is 0.873. The Morgan fingerprint density at radius 2 is 1.76 bits per heavy atom. The summed E-state index contributed by atoms with van der Waals surface area (Å²) in [5.41, 5.74) is 6.00. The maximum atomic E-state index is 12.9. The van der Waals surface area contributed by atoms with Crippen LogP contribution in [-0.2, 0) is 6.18 Å². The van der Waals surface area contributed by atoms with Crippen LogP contribution in [0.2, 0.25) is 0 Å². The van der Waals surface area contributed by atoms with Crippen molar-refractivity contribution in [1.82, 2.24) is 0 Å². The van der Waals surface area contributed by atoms with Crippen LogP contribution < -0.4 is 10.5 Å². The van der Waals surface area contributed by atoms with Crippen LogP contribution in [-0.4, -0.2) is 7.11 Å². The predicted octanol–water partition coefficient (Wildman–Crippen LogP) is 4.72. The van der Waals surface area contributed by atoms with Gasteiger partial charge in [0.05, 0.1) is 12.7 Å². The Labute approximate surface area is 129 Å². The molecule has 0 bridgehead atoms. The lowest BCUT2D eigenvalue weighted by Crippen LogP contribution is -2.24. The summed E-state index contributed by atoms with van der Waals surface area (Å²) in [4.78, 5) is 0. The van der Waals surface area contributed by atoms with Gasteiger partial charge in [0.2, 0.25) is 0 Å². The molecule has 0 radical (unpaired) electrons. The summed E-state index contributed by atoms with van der Waals surface area (Å²) in [7, 11) is 1.37. The van der Waals surface area contributed by atoms with Crippen LogP contribution in [0.25, 0.3) is 0 Å². The molecule has 0 heterocycles. The average molecular weight is 324 g/mol. The van der Waals surface area contributed by atoms with E-state index in [9.17, 15) is 13.2 Å². The first kappa shape index (κ1) is 18.1. The molecule has 1 atom stereocenters. The third-order valence-electron chi connectivity index (χ3n) is 4.03. The zero-order valence-corrected chi connectivity index (χ0v) is 12.8. The molecule has 1 aliphatic carbocycles.